The van der Waals surface area contributed by atoms with Crippen LogP contribution in [0.5, 0.6) is 0 Å². The highest BCUT2D eigenvalue weighted by Crippen LogP contribution is 2.24. The Balaban J connectivity index is 1.22. The molecule has 1 aliphatic rings. The molecule has 28 heavy (non-hydrogen) atoms. The molecule has 0 saturated carbocycles. The second kappa shape index (κ2) is 8.85. The van der Waals surface area contributed by atoms with Crippen molar-refractivity contribution in [3.63, 3.8) is 0 Å². The molecule has 0 amide bonds. The van der Waals surface area contributed by atoms with Gasteiger partial charge in [0.05, 0.1) is 0 Å². The van der Waals surface area contributed by atoms with E-state index in [2.05, 4.69) is 53.1 Å². The molecule has 3 aromatic rings. The summed E-state index contributed by atoms with van der Waals surface area (Å²) in [4.78, 5) is 5.05. The number of rotatable bonds is 6. The van der Waals surface area contributed by atoms with Crippen molar-refractivity contribution in [1.82, 2.24) is 4.90 Å². The summed E-state index contributed by atoms with van der Waals surface area (Å²) in [6, 6.07) is 20.8. The Morgan fingerprint density at radius 2 is 1.57 bits per heavy atom. The van der Waals surface area contributed by atoms with Crippen LogP contribution in [0, 0.1) is 6.92 Å². The third kappa shape index (κ3) is 4.78. The first kappa shape index (κ1) is 19.1. The lowest BCUT2D eigenvalue weighted by atomic mass is 10.2. The Hall–Kier alpha value is -2.23. The quantitative estimate of drug-likeness (QED) is 0.537. The van der Waals surface area contributed by atoms with Crippen LogP contribution in [0.15, 0.2) is 65.1 Å². The Labute approximate surface area is 172 Å². The highest BCUT2D eigenvalue weighted by molar-refractivity contribution is 6.30. The summed E-state index contributed by atoms with van der Waals surface area (Å²) >= 11 is 5.96. The lowest BCUT2D eigenvalue weighted by Gasteiger charge is -2.36. The fourth-order valence-corrected chi connectivity index (χ4v) is 3.87. The number of nitrogens with zero attached hydrogens (tertiary/aromatic N) is 2. The first-order chi connectivity index (χ1) is 13.7. The van der Waals surface area contributed by atoms with Gasteiger partial charge in [0.1, 0.15) is 11.5 Å². The van der Waals surface area contributed by atoms with Crippen molar-refractivity contribution in [3.8, 4) is 11.3 Å². The Kier molecular flexibility index (Phi) is 6.04. The molecule has 1 fully saturated rings. The Morgan fingerprint density at radius 3 is 2.29 bits per heavy atom. The molecule has 0 spiro atoms. The molecule has 2 aromatic carbocycles. The fraction of sp³-hybridized carbons (Fsp3) is 0.333. The van der Waals surface area contributed by atoms with Gasteiger partial charge in [-0.3, -0.25) is 4.90 Å². The summed E-state index contributed by atoms with van der Waals surface area (Å²) in [7, 11) is 0. The molecular formula is C24H27ClN2O. The van der Waals surface area contributed by atoms with Gasteiger partial charge in [-0.25, -0.2) is 0 Å². The highest BCUT2D eigenvalue weighted by Gasteiger charge is 2.17. The van der Waals surface area contributed by atoms with Crippen molar-refractivity contribution >= 4 is 17.3 Å². The van der Waals surface area contributed by atoms with Crippen LogP contribution in [0.3, 0.4) is 0 Å². The van der Waals surface area contributed by atoms with Crippen LogP contribution in [0.25, 0.3) is 11.3 Å². The number of hydrogen-bond donors (Lipinski definition) is 0. The van der Waals surface area contributed by atoms with Gasteiger partial charge in [-0.15, -0.1) is 0 Å². The van der Waals surface area contributed by atoms with E-state index < -0.39 is 0 Å². The van der Waals surface area contributed by atoms with Crippen LogP contribution < -0.4 is 4.90 Å². The molecule has 1 aromatic heterocycles. The van der Waals surface area contributed by atoms with E-state index in [1.54, 1.807) is 0 Å². The van der Waals surface area contributed by atoms with Gasteiger partial charge in [0, 0.05) is 48.9 Å². The maximum atomic E-state index is 6.01. The van der Waals surface area contributed by atoms with E-state index in [0.29, 0.717) is 0 Å². The minimum atomic E-state index is 0.748. The van der Waals surface area contributed by atoms with Gasteiger partial charge in [-0.1, -0.05) is 29.3 Å². The lowest BCUT2D eigenvalue weighted by molar-refractivity contribution is 0.253. The number of benzene rings is 2. The minimum Gasteiger partial charge on any atom is -0.461 e. The van der Waals surface area contributed by atoms with E-state index in [1.165, 1.54) is 11.3 Å². The molecule has 0 radical (unpaired) electrons. The van der Waals surface area contributed by atoms with Gasteiger partial charge in [0.25, 0.3) is 0 Å². The summed E-state index contributed by atoms with van der Waals surface area (Å²) in [5.41, 5.74) is 3.73. The van der Waals surface area contributed by atoms with Crippen molar-refractivity contribution in [2.24, 2.45) is 0 Å². The van der Waals surface area contributed by atoms with Crippen molar-refractivity contribution in [2.75, 3.05) is 37.6 Å². The summed E-state index contributed by atoms with van der Waals surface area (Å²) in [5.74, 6) is 1.97. The average Bonchev–Trinajstić information content (AvgIpc) is 3.19. The maximum absolute atomic E-state index is 6.01. The molecule has 0 atom stereocenters. The number of piperazine rings is 1. The second-order valence-corrected chi connectivity index (χ2v) is 7.98. The normalized spacial score (nSPS) is 15.1. The molecule has 1 saturated heterocycles. The van der Waals surface area contributed by atoms with E-state index in [1.807, 2.05) is 24.3 Å². The number of halogens is 1. The summed E-state index contributed by atoms with van der Waals surface area (Å²) in [6.45, 7) is 7.72. The molecule has 0 unspecified atom stereocenters. The monoisotopic (exact) mass is 394 g/mol. The van der Waals surface area contributed by atoms with Crippen molar-refractivity contribution in [3.05, 3.63) is 77.0 Å². The number of anilines is 1. The zero-order valence-corrected chi connectivity index (χ0v) is 17.2. The number of furan rings is 1. The average molecular weight is 395 g/mol. The zero-order valence-electron chi connectivity index (χ0n) is 16.4. The largest absolute Gasteiger partial charge is 0.461 e. The molecule has 3 nitrogen and oxygen atoms in total. The minimum absolute atomic E-state index is 0.748. The summed E-state index contributed by atoms with van der Waals surface area (Å²) < 4.78 is 6.01. The second-order valence-electron chi connectivity index (χ2n) is 7.54. The molecule has 4 rings (SSSR count). The maximum Gasteiger partial charge on any atom is 0.134 e. The molecule has 2 heterocycles. The third-order valence-corrected chi connectivity index (χ3v) is 5.71. The molecular weight excluding hydrogens is 368 g/mol. The van der Waals surface area contributed by atoms with Gasteiger partial charge in [-0.2, -0.15) is 0 Å². The predicted octanol–water partition coefficient (Wildman–Crippen LogP) is 5.66. The van der Waals surface area contributed by atoms with Crippen molar-refractivity contribution in [1.29, 1.82) is 0 Å². The first-order valence-electron chi connectivity index (χ1n) is 10.1. The third-order valence-electron chi connectivity index (χ3n) is 5.46. The topological polar surface area (TPSA) is 19.6 Å². The van der Waals surface area contributed by atoms with Gasteiger partial charge in [0.2, 0.25) is 0 Å². The van der Waals surface area contributed by atoms with Gasteiger partial charge < -0.3 is 9.32 Å². The van der Waals surface area contributed by atoms with Crippen LogP contribution in [-0.2, 0) is 6.42 Å². The number of aryl methyl sites for hydroxylation is 2. The van der Waals surface area contributed by atoms with E-state index in [-0.39, 0.29) is 0 Å². The predicted molar refractivity (Wildman–Crippen MR) is 117 cm³/mol. The number of hydrogen-bond acceptors (Lipinski definition) is 3. The van der Waals surface area contributed by atoms with Crippen LogP contribution >= 0.6 is 11.6 Å². The van der Waals surface area contributed by atoms with E-state index in [4.69, 9.17) is 16.0 Å². The van der Waals surface area contributed by atoms with E-state index in [0.717, 1.165) is 67.7 Å². The molecule has 4 heteroatoms. The van der Waals surface area contributed by atoms with Gasteiger partial charge in [0.15, 0.2) is 0 Å². The first-order valence-corrected chi connectivity index (χ1v) is 10.4. The van der Waals surface area contributed by atoms with Crippen LogP contribution in [0.1, 0.15) is 17.7 Å². The van der Waals surface area contributed by atoms with Crippen molar-refractivity contribution in [2.45, 2.75) is 19.8 Å². The van der Waals surface area contributed by atoms with Crippen LogP contribution in [0.2, 0.25) is 5.02 Å². The summed E-state index contributed by atoms with van der Waals surface area (Å²) in [5, 5.41) is 0.748. The Morgan fingerprint density at radius 1 is 0.857 bits per heavy atom. The fourth-order valence-electron chi connectivity index (χ4n) is 3.74. The van der Waals surface area contributed by atoms with Crippen LogP contribution in [0.4, 0.5) is 5.69 Å². The molecule has 146 valence electrons. The summed E-state index contributed by atoms with van der Waals surface area (Å²) in [6.07, 6.45) is 2.10. The molecule has 0 aliphatic carbocycles. The zero-order chi connectivity index (χ0) is 19.3. The molecule has 1 aliphatic heterocycles. The molecule has 0 bridgehead atoms. The lowest BCUT2D eigenvalue weighted by Crippen LogP contribution is -2.46. The molecule has 0 N–H and O–H groups in total. The van der Waals surface area contributed by atoms with Crippen LogP contribution in [-0.4, -0.2) is 37.6 Å². The Bertz CT molecular complexity index is 878. The standard InChI is InChI=1S/C24H27ClN2O/c1-19-4-10-22(11-5-19)27-17-15-26(16-18-27)14-2-3-23-12-13-24(28-23)20-6-8-21(25)9-7-20/h4-13H,2-3,14-18H2,1H3. The highest BCUT2D eigenvalue weighted by atomic mass is 35.5. The van der Waals surface area contributed by atoms with Gasteiger partial charge >= 0.3 is 0 Å². The van der Waals surface area contributed by atoms with Gasteiger partial charge in [-0.05, 0) is 68.4 Å². The SMILES string of the molecule is Cc1ccc(N2CCN(CCCc3ccc(-c4ccc(Cl)cc4)o3)CC2)cc1. The van der Waals surface area contributed by atoms with E-state index >= 15 is 0 Å². The van der Waals surface area contributed by atoms with Crippen molar-refractivity contribution < 1.29 is 4.42 Å². The van der Waals surface area contributed by atoms with E-state index in [9.17, 15) is 0 Å². The smallest absolute Gasteiger partial charge is 0.134 e.